The molecule has 1 N–H and O–H groups in total. The molecule has 1 unspecified atom stereocenters. The molecule has 0 heterocycles. The zero-order valence-electron chi connectivity index (χ0n) is 14.1. The smallest absolute Gasteiger partial charge is 0.0330 e. The number of hydrogen-bond donors (Lipinski definition) is 1. The molecule has 0 aliphatic carbocycles. The van der Waals surface area contributed by atoms with Gasteiger partial charge in [0.2, 0.25) is 0 Å². The Morgan fingerprint density at radius 3 is 1.84 bits per heavy atom. The van der Waals surface area contributed by atoms with Crippen molar-refractivity contribution >= 4 is 0 Å². The lowest BCUT2D eigenvalue weighted by Crippen LogP contribution is -2.27. The normalized spacial score (nSPS) is 13.7. The first kappa shape index (κ1) is 16.2. The fourth-order valence-corrected chi connectivity index (χ4v) is 2.91. The van der Waals surface area contributed by atoms with E-state index < -0.39 is 0 Å². The van der Waals surface area contributed by atoms with Crippen LogP contribution in [-0.4, -0.2) is 6.54 Å². The van der Waals surface area contributed by atoms with Crippen LogP contribution in [0, 0.1) is 33.1 Å². The third kappa shape index (κ3) is 4.07. The maximum atomic E-state index is 3.69. The van der Waals surface area contributed by atoms with Crippen molar-refractivity contribution in [3.8, 4) is 0 Å². The molecule has 0 spiro atoms. The molecule has 0 aliphatic heterocycles. The molecule has 1 aromatic rings. The summed E-state index contributed by atoms with van der Waals surface area (Å²) in [5.41, 5.74) is 7.60. The van der Waals surface area contributed by atoms with Crippen molar-refractivity contribution < 1.29 is 0 Å². The molecule has 1 nitrogen and oxygen atoms in total. The minimum Gasteiger partial charge on any atom is -0.310 e. The molecule has 0 fully saturated rings. The van der Waals surface area contributed by atoms with E-state index in [1.807, 2.05) is 0 Å². The zero-order valence-corrected chi connectivity index (χ0v) is 14.1. The predicted molar refractivity (Wildman–Crippen MR) is 85.9 cm³/mol. The standard InChI is InChI=1S/C18H31N/c1-9-19-16(11-18(6,7)8)17-14(4)12(2)10-13(3)15(17)5/h10,16,19H,9,11H2,1-8H3. The first-order valence-corrected chi connectivity index (χ1v) is 7.48. The molecule has 108 valence electrons. The second kappa shape index (κ2) is 6.09. The summed E-state index contributed by atoms with van der Waals surface area (Å²) in [5, 5.41) is 3.69. The van der Waals surface area contributed by atoms with Crippen LogP contribution in [-0.2, 0) is 0 Å². The molecule has 19 heavy (non-hydrogen) atoms. The summed E-state index contributed by atoms with van der Waals surface area (Å²) >= 11 is 0. The maximum absolute atomic E-state index is 3.69. The summed E-state index contributed by atoms with van der Waals surface area (Å²) < 4.78 is 0. The Bertz CT molecular complexity index is 412. The summed E-state index contributed by atoms with van der Waals surface area (Å²) in [6.45, 7) is 19.2. The lowest BCUT2D eigenvalue weighted by molar-refractivity contribution is 0.313. The Labute approximate surface area is 119 Å². The van der Waals surface area contributed by atoms with Gasteiger partial charge in [0.1, 0.15) is 0 Å². The van der Waals surface area contributed by atoms with Crippen LogP contribution >= 0.6 is 0 Å². The van der Waals surface area contributed by atoms with Crippen molar-refractivity contribution in [3.63, 3.8) is 0 Å². The number of nitrogens with one attached hydrogen (secondary N) is 1. The first-order chi connectivity index (χ1) is 8.67. The topological polar surface area (TPSA) is 12.0 Å². The molecule has 0 saturated carbocycles. The Kier molecular flexibility index (Phi) is 5.20. The van der Waals surface area contributed by atoms with Crippen molar-refractivity contribution in [3.05, 3.63) is 33.9 Å². The number of benzene rings is 1. The highest BCUT2D eigenvalue weighted by molar-refractivity contribution is 5.45. The van der Waals surface area contributed by atoms with E-state index in [9.17, 15) is 0 Å². The SMILES string of the molecule is CCNC(CC(C)(C)C)c1c(C)c(C)cc(C)c1C. The average Bonchev–Trinajstić information content (AvgIpc) is 2.25. The van der Waals surface area contributed by atoms with Crippen molar-refractivity contribution in [2.45, 2.75) is 67.9 Å². The number of aryl methyl sites for hydroxylation is 2. The summed E-state index contributed by atoms with van der Waals surface area (Å²) in [6, 6.07) is 2.78. The van der Waals surface area contributed by atoms with Gasteiger partial charge in [-0.1, -0.05) is 33.8 Å². The molecular formula is C18H31N. The number of hydrogen-bond acceptors (Lipinski definition) is 1. The van der Waals surface area contributed by atoms with E-state index in [-0.39, 0.29) is 0 Å². The minimum atomic E-state index is 0.337. The van der Waals surface area contributed by atoms with Crippen LogP contribution in [0.1, 0.15) is 68.0 Å². The zero-order chi connectivity index (χ0) is 14.8. The Balaban J connectivity index is 3.29. The van der Waals surface area contributed by atoms with Gasteiger partial charge in [-0.05, 0) is 73.9 Å². The van der Waals surface area contributed by atoms with Gasteiger partial charge < -0.3 is 5.32 Å². The monoisotopic (exact) mass is 261 g/mol. The minimum absolute atomic E-state index is 0.337. The maximum Gasteiger partial charge on any atom is 0.0330 e. The Morgan fingerprint density at radius 2 is 1.47 bits per heavy atom. The second-order valence-electron chi connectivity index (χ2n) is 7.05. The summed E-state index contributed by atoms with van der Waals surface area (Å²) in [5.74, 6) is 0. The quantitative estimate of drug-likeness (QED) is 0.803. The fourth-order valence-electron chi connectivity index (χ4n) is 2.91. The van der Waals surface area contributed by atoms with Gasteiger partial charge in [-0.2, -0.15) is 0 Å². The molecule has 1 atom stereocenters. The molecule has 1 rings (SSSR count). The van der Waals surface area contributed by atoms with E-state index in [0.717, 1.165) is 6.54 Å². The third-order valence-electron chi connectivity index (χ3n) is 4.04. The van der Waals surface area contributed by atoms with E-state index in [1.54, 1.807) is 0 Å². The van der Waals surface area contributed by atoms with Gasteiger partial charge >= 0.3 is 0 Å². The van der Waals surface area contributed by atoms with E-state index in [2.05, 4.69) is 66.8 Å². The van der Waals surface area contributed by atoms with E-state index in [4.69, 9.17) is 0 Å². The van der Waals surface area contributed by atoms with Gasteiger partial charge in [0.05, 0.1) is 0 Å². The first-order valence-electron chi connectivity index (χ1n) is 7.48. The lowest BCUT2D eigenvalue weighted by atomic mass is 9.81. The lowest BCUT2D eigenvalue weighted by Gasteiger charge is -2.30. The van der Waals surface area contributed by atoms with E-state index >= 15 is 0 Å². The van der Waals surface area contributed by atoms with Crippen LogP contribution in [0.2, 0.25) is 0 Å². The molecule has 0 aromatic heterocycles. The second-order valence-corrected chi connectivity index (χ2v) is 7.05. The van der Waals surface area contributed by atoms with Gasteiger partial charge in [-0.15, -0.1) is 0 Å². The van der Waals surface area contributed by atoms with Crippen LogP contribution in [0.25, 0.3) is 0 Å². The largest absolute Gasteiger partial charge is 0.310 e. The Morgan fingerprint density at radius 1 is 1.00 bits per heavy atom. The van der Waals surface area contributed by atoms with Crippen molar-refractivity contribution in [1.82, 2.24) is 5.32 Å². The molecule has 0 amide bonds. The van der Waals surface area contributed by atoms with Crippen molar-refractivity contribution in [1.29, 1.82) is 0 Å². The summed E-state index contributed by atoms with van der Waals surface area (Å²) in [4.78, 5) is 0. The average molecular weight is 261 g/mol. The van der Waals surface area contributed by atoms with Crippen LogP contribution in [0.3, 0.4) is 0 Å². The highest BCUT2D eigenvalue weighted by atomic mass is 14.9. The number of rotatable bonds is 4. The molecule has 1 aromatic carbocycles. The predicted octanol–water partition coefficient (Wildman–Crippen LogP) is 5.01. The van der Waals surface area contributed by atoms with E-state index in [0.29, 0.717) is 11.5 Å². The molecule has 0 bridgehead atoms. The fraction of sp³-hybridized carbons (Fsp3) is 0.667. The van der Waals surface area contributed by atoms with Gasteiger partial charge in [-0.25, -0.2) is 0 Å². The van der Waals surface area contributed by atoms with Gasteiger partial charge in [0, 0.05) is 6.04 Å². The van der Waals surface area contributed by atoms with Crippen molar-refractivity contribution in [2.24, 2.45) is 5.41 Å². The van der Waals surface area contributed by atoms with Gasteiger partial charge in [-0.3, -0.25) is 0 Å². The van der Waals surface area contributed by atoms with Gasteiger partial charge in [0.15, 0.2) is 0 Å². The highest BCUT2D eigenvalue weighted by Gasteiger charge is 2.23. The highest BCUT2D eigenvalue weighted by Crippen LogP contribution is 2.34. The molecule has 0 aliphatic rings. The van der Waals surface area contributed by atoms with E-state index in [1.165, 1.54) is 34.2 Å². The molecule has 0 radical (unpaired) electrons. The van der Waals surface area contributed by atoms with Crippen LogP contribution in [0.4, 0.5) is 0 Å². The summed E-state index contributed by atoms with van der Waals surface area (Å²) in [6.07, 6.45) is 1.17. The summed E-state index contributed by atoms with van der Waals surface area (Å²) in [7, 11) is 0. The third-order valence-corrected chi connectivity index (χ3v) is 4.04. The van der Waals surface area contributed by atoms with Crippen LogP contribution < -0.4 is 5.32 Å². The molecular weight excluding hydrogens is 230 g/mol. The Hall–Kier alpha value is -0.820. The van der Waals surface area contributed by atoms with Crippen LogP contribution in [0.15, 0.2) is 6.07 Å². The van der Waals surface area contributed by atoms with Crippen LogP contribution in [0.5, 0.6) is 0 Å². The molecule has 1 heteroatoms. The van der Waals surface area contributed by atoms with Gasteiger partial charge in [0.25, 0.3) is 0 Å². The van der Waals surface area contributed by atoms with Crippen molar-refractivity contribution in [2.75, 3.05) is 6.54 Å². The molecule has 0 saturated heterocycles.